The second-order valence-electron chi connectivity index (χ2n) is 3.69. The van der Waals surface area contributed by atoms with Gasteiger partial charge in [-0.3, -0.25) is 0 Å². The number of thioether (sulfide) groups is 1. The van der Waals surface area contributed by atoms with Gasteiger partial charge in [0.05, 0.1) is 5.75 Å². The number of benzene rings is 1. The second-order valence-corrected chi connectivity index (χ2v) is 5.17. The van der Waals surface area contributed by atoms with Crippen LogP contribution >= 0.6 is 23.4 Å². The summed E-state index contributed by atoms with van der Waals surface area (Å²) >= 11 is 7.47. The van der Waals surface area contributed by atoms with E-state index in [9.17, 15) is 0 Å². The van der Waals surface area contributed by atoms with Crippen molar-refractivity contribution in [1.29, 1.82) is 0 Å². The van der Waals surface area contributed by atoms with E-state index in [-0.39, 0.29) is 0 Å². The van der Waals surface area contributed by atoms with Gasteiger partial charge in [0.2, 0.25) is 0 Å². The zero-order valence-electron chi connectivity index (χ0n) is 10.0. The molecule has 0 aliphatic heterocycles. The van der Waals surface area contributed by atoms with Crippen LogP contribution in [-0.4, -0.2) is 16.7 Å². The fourth-order valence-electron chi connectivity index (χ4n) is 1.30. The number of hydrogen-bond acceptors (Lipinski definition) is 5. The van der Waals surface area contributed by atoms with Crippen molar-refractivity contribution >= 4 is 29.4 Å². The molecule has 96 valence electrons. The zero-order valence-corrected chi connectivity index (χ0v) is 11.6. The smallest absolute Gasteiger partial charge is 0.321 e. The summed E-state index contributed by atoms with van der Waals surface area (Å²) in [6, 6.07) is 8.18. The first kappa shape index (κ1) is 13.2. The molecule has 0 saturated carbocycles. The van der Waals surface area contributed by atoms with Crippen LogP contribution in [0, 0.1) is 0 Å². The fourth-order valence-corrected chi connectivity index (χ4v) is 2.16. The summed E-state index contributed by atoms with van der Waals surface area (Å²) in [5.41, 5.74) is 0. The van der Waals surface area contributed by atoms with Crippen LogP contribution in [0.2, 0.25) is 5.02 Å². The molecule has 0 aliphatic carbocycles. The van der Waals surface area contributed by atoms with Crippen molar-refractivity contribution in [1.82, 2.24) is 10.1 Å². The number of rotatable bonds is 6. The van der Waals surface area contributed by atoms with Crippen LogP contribution in [0.3, 0.4) is 0 Å². The topological polar surface area (TPSA) is 51.0 Å². The Balaban J connectivity index is 1.86. The van der Waals surface area contributed by atoms with Gasteiger partial charge in [0, 0.05) is 16.5 Å². The quantitative estimate of drug-likeness (QED) is 0.816. The predicted molar refractivity (Wildman–Crippen MR) is 74.1 cm³/mol. The summed E-state index contributed by atoms with van der Waals surface area (Å²) in [6.45, 7) is 2.92. The maximum atomic E-state index is 5.82. The van der Waals surface area contributed by atoms with Crippen LogP contribution in [0.25, 0.3) is 0 Å². The minimum absolute atomic E-state index is 0.489. The first-order chi connectivity index (χ1) is 8.78. The molecule has 1 N–H and O–H groups in total. The van der Waals surface area contributed by atoms with Crippen molar-refractivity contribution in [2.45, 2.75) is 24.0 Å². The highest BCUT2D eigenvalue weighted by atomic mass is 35.5. The highest BCUT2D eigenvalue weighted by Crippen LogP contribution is 2.23. The lowest BCUT2D eigenvalue weighted by Crippen LogP contribution is -1.99. The van der Waals surface area contributed by atoms with E-state index in [0.29, 0.717) is 17.6 Å². The van der Waals surface area contributed by atoms with Crippen LogP contribution < -0.4 is 5.32 Å². The normalized spacial score (nSPS) is 10.6. The largest absolute Gasteiger partial charge is 0.338 e. The minimum atomic E-state index is 0.489. The Kier molecular flexibility index (Phi) is 4.90. The Morgan fingerprint density at radius 3 is 2.83 bits per heavy atom. The van der Waals surface area contributed by atoms with Crippen LogP contribution in [0.5, 0.6) is 0 Å². The molecule has 1 heterocycles. The Morgan fingerprint density at radius 2 is 2.11 bits per heavy atom. The van der Waals surface area contributed by atoms with E-state index in [4.69, 9.17) is 16.1 Å². The summed E-state index contributed by atoms with van der Waals surface area (Å²) in [5.74, 6) is 1.37. The van der Waals surface area contributed by atoms with Gasteiger partial charge in [-0.15, -0.1) is 11.8 Å². The van der Waals surface area contributed by atoms with Crippen LogP contribution in [-0.2, 0) is 5.75 Å². The predicted octanol–water partition coefficient (Wildman–Crippen LogP) is 3.84. The number of halogens is 1. The van der Waals surface area contributed by atoms with E-state index < -0.39 is 0 Å². The third kappa shape index (κ3) is 3.92. The first-order valence-corrected chi connectivity index (χ1v) is 7.09. The maximum absolute atomic E-state index is 5.82. The lowest BCUT2D eigenvalue weighted by Gasteiger charge is -1.98. The molecule has 18 heavy (non-hydrogen) atoms. The minimum Gasteiger partial charge on any atom is -0.338 e. The van der Waals surface area contributed by atoms with Crippen LogP contribution in [0.1, 0.15) is 19.2 Å². The molecular formula is C12H14ClN3OS. The summed E-state index contributed by atoms with van der Waals surface area (Å²) in [6.07, 6.45) is 1.03. The third-order valence-corrected chi connectivity index (χ3v) is 3.44. The Labute approximate surface area is 115 Å². The molecule has 0 unspecified atom stereocenters. The van der Waals surface area contributed by atoms with Crippen LogP contribution in [0.4, 0.5) is 6.01 Å². The van der Waals surface area contributed by atoms with Gasteiger partial charge in [0.25, 0.3) is 0 Å². The highest BCUT2D eigenvalue weighted by molar-refractivity contribution is 7.98. The lowest BCUT2D eigenvalue weighted by atomic mass is 10.4. The van der Waals surface area contributed by atoms with Crippen molar-refractivity contribution in [3.05, 3.63) is 35.1 Å². The van der Waals surface area contributed by atoms with E-state index in [0.717, 1.165) is 22.9 Å². The molecule has 6 heteroatoms. The van der Waals surface area contributed by atoms with Crippen molar-refractivity contribution in [2.75, 3.05) is 11.9 Å². The maximum Gasteiger partial charge on any atom is 0.321 e. The summed E-state index contributed by atoms with van der Waals surface area (Å²) in [7, 11) is 0. The van der Waals surface area contributed by atoms with Crippen molar-refractivity contribution in [3.63, 3.8) is 0 Å². The number of nitrogens with one attached hydrogen (secondary N) is 1. The molecule has 2 rings (SSSR count). The first-order valence-electron chi connectivity index (χ1n) is 5.72. The third-order valence-electron chi connectivity index (χ3n) is 2.18. The van der Waals surface area contributed by atoms with E-state index in [1.807, 2.05) is 24.3 Å². The molecule has 0 bridgehead atoms. The Morgan fingerprint density at radius 1 is 1.33 bits per heavy atom. The molecule has 1 aromatic heterocycles. The van der Waals surface area contributed by atoms with E-state index in [1.54, 1.807) is 11.8 Å². The van der Waals surface area contributed by atoms with E-state index in [1.165, 1.54) is 0 Å². The highest BCUT2D eigenvalue weighted by Gasteiger charge is 2.05. The zero-order chi connectivity index (χ0) is 12.8. The average molecular weight is 284 g/mol. The van der Waals surface area contributed by atoms with Gasteiger partial charge in [-0.2, -0.15) is 4.98 Å². The molecule has 0 atom stereocenters. The van der Waals surface area contributed by atoms with E-state index in [2.05, 4.69) is 22.4 Å². The van der Waals surface area contributed by atoms with E-state index >= 15 is 0 Å². The molecule has 0 saturated heterocycles. The van der Waals surface area contributed by atoms with Crippen molar-refractivity contribution in [3.8, 4) is 0 Å². The number of nitrogens with zero attached hydrogens (tertiary/aromatic N) is 2. The number of anilines is 1. The van der Waals surface area contributed by atoms with Gasteiger partial charge in [-0.05, 0) is 30.7 Å². The standard InChI is InChI=1S/C12H14ClN3OS/c1-2-7-14-12-15-11(16-17-12)8-18-10-5-3-9(13)4-6-10/h3-6H,2,7-8H2,1H3,(H,14,15,16). The Hall–Kier alpha value is -1.20. The average Bonchev–Trinajstić information content (AvgIpc) is 2.84. The fraction of sp³-hybridized carbons (Fsp3) is 0.333. The summed E-state index contributed by atoms with van der Waals surface area (Å²) < 4.78 is 5.07. The van der Waals surface area contributed by atoms with Gasteiger partial charge < -0.3 is 9.84 Å². The molecule has 0 amide bonds. The van der Waals surface area contributed by atoms with Crippen molar-refractivity contribution < 1.29 is 4.52 Å². The molecule has 0 spiro atoms. The van der Waals surface area contributed by atoms with Gasteiger partial charge in [0.15, 0.2) is 5.82 Å². The molecule has 0 fully saturated rings. The van der Waals surface area contributed by atoms with Crippen molar-refractivity contribution in [2.24, 2.45) is 0 Å². The molecule has 0 aliphatic rings. The lowest BCUT2D eigenvalue weighted by molar-refractivity contribution is 0.425. The molecule has 2 aromatic rings. The number of aromatic nitrogens is 2. The molecule has 4 nitrogen and oxygen atoms in total. The number of hydrogen-bond donors (Lipinski definition) is 1. The SMILES string of the molecule is CCCNc1nc(CSc2ccc(Cl)cc2)no1. The summed E-state index contributed by atoms with van der Waals surface area (Å²) in [5, 5.41) is 7.70. The second kappa shape index (κ2) is 6.66. The molecular weight excluding hydrogens is 270 g/mol. The van der Waals surface area contributed by atoms with Gasteiger partial charge in [-0.25, -0.2) is 0 Å². The van der Waals surface area contributed by atoms with Gasteiger partial charge in [0.1, 0.15) is 0 Å². The van der Waals surface area contributed by atoms with Crippen LogP contribution in [0.15, 0.2) is 33.7 Å². The molecule has 0 radical (unpaired) electrons. The monoisotopic (exact) mass is 283 g/mol. The molecule has 1 aromatic carbocycles. The summed E-state index contributed by atoms with van der Waals surface area (Å²) in [4.78, 5) is 5.38. The van der Waals surface area contributed by atoms with Gasteiger partial charge >= 0.3 is 6.01 Å². The Bertz CT molecular complexity index is 486. The van der Waals surface area contributed by atoms with Gasteiger partial charge in [-0.1, -0.05) is 23.7 Å².